The standard InChI is InChI=1S/C13H10F3N5O/c14-13(15,16)9-2-1-8(22)3-7(9)4-17-11-10-12(19-5-18-10)21-6-20-11/h1-3,5-6,22H,4H2,(H2,17,18,19,20,21). The summed E-state index contributed by atoms with van der Waals surface area (Å²) >= 11 is 0. The maximum atomic E-state index is 13.0. The second-order valence-corrected chi connectivity index (χ2v) is 4.52. The number of alkyl halides is 3. The van der Waals surface area contributed by atoms with Crippen LogP contribution >= 0.6 is 0 Å². The Hall–Kier alpha value is -2.84. The van der Waals surface area contributed by atoms with E-state index in [4.69, 9.17) is 0 Å². The third-order valence-corrected chi connectivity index (χ3v) is 3.06. The van der Waals surface area contributed by atoms with Crippen LogP contribution in [0.2, 0.25) is 0 Å². The lowest BCUT2D eigenvalue weighted by atomic mass is 10.1. The van der Waals surface area contributed by atoms with Gasteiger partial charge in [0, 0.05) is 6.54 Å². The smallest absolute Gasteiger partial charge is 0.416 e. The number of phenols is 1. The van der Waals surface area contributed by atoms with E-state index in [1.807, 2.05) is 0 Å². The van der Waals surface area contributed by atoms with Crippen molar-refractivity contribution in [2.45, 2.75) is 12.7 Å². The number of hydrogen-bond acceptors (Lipinski definition) is 5. The maximum Gasteiger partial charge on any atom is 0.416 e. The number of aromatic amines is 1. The fourth-order valence-electron chi connectivity index (χ4n) is 2.08. The number of anilines is 1. The molecule has 9 heteroatoms. The Morgan fingerprint density at radius 2 is 2.00 bits per heavy atom. The summed E-state index contributed by atoms with van der Waals surface area (Å²) in [5, 5.41) is 12.2. The van der Waals surface area contributed by atoms with Crippen molar-refractivity contribution in [3.05, 3.63) is 42.0 Å². The van der Waals surface area contributed by atoms with Crippen LogP contribution in [0.15, 0.2) is 30.9 Å². The molecule has 0 aliphatic rings. The largest absolute Gasteiger partial charge is 0.508 e. The van der Waals surface area contributed by atoms with Crippen LogP contribution in [0.1, 0.15) is 11.1 Å². The highest BCUT2D eigenvalue weighted by molar-refractivity contribution is 5.81. The monoisotopic (exact) mass is 309 g/mol. The third kappa shape index (κ3) is 2.65. The zero-order chi connectivity index (χ0) is 15.7. The number of phenolic OH excluding ortho intramolecular Hbond substituents is 1. The molecule has 114 valence electrons. The van der Waals surface area contributed by atoms with E-state index in [0.29, 0.717) is 17.0 Å². The fourth-order valence-corrected chi connectivity index (χ4v) is 2.08. The molecule has 0 unspecified atom stereocenters. The van der Waals surface area contributed by atoms with Gasteiger partial charge in [0.2, 0.25) is 0 Å². The number of H-pyrrole nitrogens is 1. The van der Waals surface area contributed by atoms with Gasteiger partial charge in [-0.05, 0) is 23.8 Å². The molecule has 0 spiro atoms. The molecule has 0 fully saturated rings. The summed E-state index contributed by atoms with van der Waals surface area (Å²) in [5.74, 6) is 0.0955. The summed E-state index contributed by atoms with van der Waals surface area (Å²) in [5.41, 5.74) is 0.00662. The number of rotatable bonds is 3. The summed E-state index contributed by atoms with van der Waals surface area (Å²) in [6.45, 7) is -0.158. The molecule has 0 saturated heterocycles. The van der Waals surface area contributed by atoms with E-state index >= 15 is 0 Å². The fraction of sp³-hybridized carbons (Fsp3) is 0.154. The molecular formula is C13H10F3N5O. The van der Waals surface area contributed by atoms with Crippen LogP contribution in [0.3, 0.4) is 0 Å². The second kappa shape index (κ2) is 5.17. The Balaban J connectivity index is 1.91. The van der Waals surface area contributed by atoms with E-state index in [9.17, 15) is 18.3 Å². The van der Waals surface area contributed by atoms with Crippen LogP contribution in [-0.2, 0) is 12.7 Å². The van der Waals surface area contributed by atoms with Gasteiger partial charge in [0.1, 0.15) is 17.6 Å². The lowest BCUT2D eigenvalue weighted by molar-refractivity contribution is -0.138. The molecule has 0 bridgehead atoms. The van der Waals surface area contributed by atoms with Gasteiger partial charge in [-0.15, -0.1) is 0 Å². The first-order valence-corrected chi connectivity index (χ1v) is 6.22. The average molecular weight is 309 g/mol. The first kappa shape index (κ1) is 14.1. The summed E-state index contributed by atoms with van der Waals surface area (Å²) in [7, 11) is 0. The van der Waals surface area contributed by atoms with E-state index in [2.05, 4.69) is 25.3 Å². The van der Waals surface area contributed by atoms with E-state index < -0.39 is 11.7 Å². The van der Waals surface area contributed by atoms with Gasteiger partial charge in [-0.25, -0.2) is 15.0 Å². The molecule has 2 heterocycles. The van der Waals surface area contributed by atoms with Crippen molar-refractivity contribution in [3.63, 3.8) is 0 Å². The summed E-state index contributed by atoms with van der Waals surface area (Å²) in [6, 6.07) is 2.92. The minimum absolute atomic E-state index is 0.0845. The van der Waals surface area contributed by atoms with Gasteiger partial charge in [-0.1, -0.05) is 0 Å². The first-order valence-electron chi connectivity index (χ1n) is 6.22. The minimum Gasteiger partial charge on any atom is -0.508 e. The van der Waals surface area contributed by atoms with E-state index in [1.54, 1.807) is 0 Å². The Labute approximate surface area is 122 Å². The van der Waals surface area contributed by atoms with Crippen LogP contribution in [0.25, 0.3) is 11.2 Å². The molecule has 0 amide bonds. The molecule has 6 nitrogen and oxygen atoms in total. The van der Waals surface area contributed by atoms with Crippen molar-refractivity contribution in [1.29, 1.82) is 0 Å². The number of nitrogens with zero attached hydrogens (tertiary/aromatic N) is 3. The Kier molecular flexibility index (Phi) is 3.32. The van der Waals surface area contributed by atoms with Crippen molar-refractivity contribution < 1.29 is 18.3 Å². The highest BCUT2D eigenvalue weighted by Crippen LogP contribution is 2.34. The number of imidazole rings is 1. The van der Waals surface area contributed by atoms with E-state index in [1.165, 1.54) is 12.7 Å². The summed E-state index contributed by atoms with van der Waals surface area (Å²) in [4.78, 5) is 14.6. The van der Waals surface area contributed by atoms with Gasteiger partial charge < -0.3 is 15.4 Å². The lowest BCUT2D eigenvalue weighted by Crippen LogP contribution is -2.12. The number of fused-ring (bicyclic) bond motifs is 1. The van der Waals surface area contributed by atoms with Gasteiger partial charge in [-0.2, -0.15) is 13.2 Å². The highest BCUT2D eigenvalue weighted by atomic mass is 19.4. The number of aromatic hydroxyl groups is 1. The van der Waals surface area contributed by atoms with Crippen molar-refractivity contribution in [2.24, 2.45) is 0 Å². The van der Waals surface area contributed by atoms with Crippen molar-refractivity contribution in [2.75, 3.05) is 5.32 Å². The zero-order valence-corrected chi connectivity index (χ0v) is 11.0. The van der Waals surface area contributed by atoms with Crippen molar-refractivity contribution in [3.8, 4) is 5.75 Å². The predicted octanol–water partition coefficient (Wildman–Crippen LogP) is 2.69. The quantitative estimate of drug-likeness (QED) is 0.692. The average Bonchev–Trinajstić information content (AvgIpc) is 2.92. The molecule has 3 rings (SSSR count). The van der Waals surface area contributed by atoms with Gasteiger partial charge >= 0.3 is 6.18 Å². The number of halogens is 3. The molecule has 0 radical (unpaired) electrons. The van der Waals surface area contributed by atoms with Crippen LogP contribution in [-0.4, -0.2) is 25.0 Å². The van der Waals surface area contributed by atoms with Gasteiger partial charge in [0.25, 0.3) is 0 Å². The molecule has 3 N–H and O–H groups in total. The van der Waals surface area contributed by atoms with Gasteiger partial charge in [0.05, 0.1) is 11.9 Å². The maximum absolute atomic E-state index is 13.0. The molecule has 0 atom stereocenters. The van der Waals surface area contributed by atoms with Crippen LogP contribution in [0.4, 0.5) is 19.0 Å². The number of aromatic nitrogens is 4. The third-order valence-electron chi connectivity index (χ3n) is 3.06. The summed E-state index contributed by atoms with van der Waals surface area (Å²) in [6.07, 6.45) is -1.82. The molecule has 3 aromatic rings. The van der Waals surface area contributed by atoms with E-state index in [0.717, 1.165) is 18.2 Å². The minimum atomic E-state index is -4.50. The molecule has 22 heavy (non-hydrogen) atoms. The number of nitrogens with one attached hydrogen (secondary N) is 2. The summed E-state index contributed by atoms with van der Waals surface area (Å²) < 4.78 is 38.9. The van der Waals surface area contributed by atoms with Gasteiger partial charge in [-0.3, -0.25) is 0 Å². The lowest BCUT2D eigenvalue weighted by Gasteiger charge is -2.14. The SMILES string of the molecule is Oc1ccc(C(F)(F)F)c(CNc2ncnc3nc[nH]c23)c1. The molecule has 2 aromatic heterocycles. The Morgan fingerprint density at radius 3 is 2.77 bits per heavy atom. The normalized spacial score (nSPS) is 11.8. The van der Waals surface area contributed by atoms with Crippen LogP contribution in [0, 0.1) is 0 Å². The van der Waals surface area contributed by atoms with E-state index in [-0.39, 0.29) is 17.9 Å². The molecule has 0 saturated carbocycles. The van der Waals surface area contributed by atoms with Crippen LogP contribution < -0.4 is 5.32 Å². The molecular weight excluding hydrogens is 299 g/mol. The molecule has 0 aliphatic heterocycles. The van der Waals surface area contributed by atoms with Gasteiger partial charge in [0.15, 0.2) is 11.5 Å². The van der Waals surface area contributed by atoms with Crippen molar-refractivity contribution in [1.82, 2.24) is 19.9 Å². The number of hydrogen-bond donors (Lipinski definition) is 3. The Bertz CT molecular complexity index is 815. The highest BCUT2D eigenvalue weighted by Gasteiger charge is 2.33. The molecule has 1 aromatic carbocycles. The second-order valence-electron chi connectivity index (χ2n) is 4.52. The molecule has 0 aliphatic carbocycles. The van der Waals surface area contributed by atoms with Crippen LogP contribution in [0.5, 0.6) is 5.75 Å². The van der Waals surface area contributed by atoms with Crippen molar-refractivity contribution >= 4 is 17.0 Å². The predicted molar refractivity (Wildman–Crippen MR) is 72.1 cm³/mol. The Morgan fingerprint density at radius 1 is 1.18 bits per heavy atom. The number of benzene rings is 1. The zero-order valence-electron chi connectivity index (χ0n) is 11.0. The first-order chi connectivity index (χ1) is 10.4. The topological polar surface area (TPSA) is 86.7 Å².